The number of ether oxygens (including phenoxy) is 2. The van der Waals surface area contributed by atoms with Gasteiger partial charge in [0.2, 0.25) is 0 Å². The molecule has 0 bridgehead atoms. The van der Waals surface area contributed by atoms with Crippen LogP contribution in [0.25, 0.3) is 22.4 Å². The smallest absolute Gasteiger partial charge is 0.414 e. The molecule has 1 aliphatic heterocycles. The van der Waals surface area contributed by atoms with Crippen molar-refractivity contribution in [1.82, 2.24) is 24.2 Å². The Labute approximate surface area is 291 Å². The number of hydrogen-bond acceptors (Lipinski definition) is 10. The van der Waals surface area contributed by atoms with E-state index in [4.69, 9.17) is 54.1 Å². The molecular formula is C35H37N5O11. The van der Waals surface area contributed by atoms with Gasteiger partial charge in [-0.25, -0.2) is 24.2 Å². The Balaban J connectivity index is 0.000000420. The molecule has 1 aliphatic rings. The molecule has 1 saturated heterocycles. The molecule has 5 aromatic rings. The Kier molecular flexibility index (Phi) is 13.1. The van der Waals surface area contributed by atoms with Crippen LogP contribution in [-0.4, -0.2) is 107 Å². The molecule has 16 nitrogen and oxygen atoms in total. The van der Waals surface area contributed by atoms with E-state index < -0.39 is 23.9 Å². The van der Waals surface area contributed by atoms with Crippen LogP contribution in [0.5, 0.6) is 17.2 Å². The first-order valence-corrected chi connectivity index (χ1v) is 15.7. The zero-order valence-electron chi connectivity index (χ0n) is 27.6. The van der Waals surface area contributed by atoms with Crippen LogP contribution in [0, 0.1) is 0 Å². The molecule has 2 aromatic heterocycles. The summed E-state index contributed by atoms with van der Waals surface area (Å²) in [5, 5.41) is 44.0. The van der Waals surface area contributed by atoms with Crippen molar-refractivity contribution in [2.45, 2.75) is 25.9 Å². The van der Waals surface area contributed by atoms with Crippen molar-refractivity contribution in [2.75, 3.05) is 33.4 Å². The van der Waals surface area contributed by atoms with E-state index >= 15 is 0 Å². The molecule has 51 heavy (non-hydrogen) atoms. The van der Waals surface area contributed by atoms with Gasteiger partial charge in [0, 0.05) is 42.7 Å². The molecule has 0 unspecified atom stereocenters. The maximum Gasteiger partial charge on any atom is 0.414 e. The standard InChI is InChI=1S/C31H33N5O3.2C2H2O4/c1-38-30-19-23(5-6-25(30)22-35-16-4-13-32-35)21-36-29-12-9-26(37)20-28(29)33-31(36)24-7-10-27(11-8-24)39-18-17-34-14-2-3-15-34;2*3-1(4)2(5)6/h4-13,16,19-20,37H,2-3,14-15,17-18,21-22H2,1H3;2*(H,3,4)(H,5,6). The Morgan fingerprint density at radius 2 is 1.49 bits per heavy atom. The quantitative estimate of drug-likeness (QED) is 0.131. The minimum atomic E-state index is -1.82. The number of hydrogen-bond donors (Lipinski definition) is 5. The first-order valence-electron chi connectivity index (χ1n) is 15.7. The summed E-state index contributed by atoms with van der Waals surface area (Å²) in [4.78, 5) is 43.8. The Hall–Kier alpha value is -6.42. The number of aromatic nitrogens is 4. The molecule has 5 N–H and O–H groups in total. The van der Waals surface area contributed by atoms with Gasteiger partial charge in [0.1, 0.15) is 29.7 Å². The highest BCUT2D eigenvalue weighted by Crippen LogP contribution is 2.30. The number of phenolic OH excluding ortho intramolecular Hbond substituents is 1. The Morgan fingerprint density at radius 1 is 0.824 bits per heavy atom. The number of rotatable bonds is 10. The number of likely N-dealkylation sites (tertiary alicyclic amines) is 1. The molecule has 0 spiro atoms. The van der Waals surface area contributed by atoms with Crippen molar-refractivity contribution in [3.63, 3.8) is 0 Å². The van der Waals surface area contributed by atoms with Crippen molar-refractivity contribution in [1.29, 1.82) is 0 Å². The van der Waals surface area contributed by atoms with Gasteiger partial charge in [-0.1, -0.05) is 12.1 Å². The zero-order valence-corrected chi connectivity index (χ0v) is 27.6. The summed E-state index contributed by atoms with van der Waals surface area (Å²) in [6.07, 6.45) is 6.29. The van der Waals surface area contributed by atoms with Gasteiger partial charge in [0.25, 0.3) is 0 Å². The van der Waals surface area contributed by atoms with Crippen molar-refractivity contribution < 1.29 is 54.2 Å². The zero-order chi connectivity index (χ0) is 36.9. The Morgan fingerprint density at radius 3 is 2.08 bits per heavy atom. The van der Waals surface area contributed by atoms with E-state index in [0.717, 1.165) is 51.6 Å². The van der Waals surface area contributed by atoms with Crippen LogP contribution in [0.2, 0.25) is 0 Å². The molecule has 0 atom stereocenters. The van der Waals surface area contributed by atoms with Crippen molar-refractivity contribution in [3.05, 3.63) is 90.3 Å². The fraction of sp³-hybridized carbons (Fsp3) is 0.257. The van der Waals surface area contributed by atoms with E-state index in [0.29, 0.717) is 19.7 Å². The van der Waals surface area contributed by atoms with E-state index in [1.807, 2.05) is 35.1 Å². The third-order valence-corrected chi connectivity index (χ3v) is 7.67. The second kappa shape index (κ2) is 17.8. The van der Waals surface area contributed by atoms with E-state index in [1.54, 1.807) is 25.4 Å². The van der Waals surface area contributed by atoms with Crippen LogP contribution in [0.4, 0.5) is 0 Å². The number of phenols is 1. The Bertz CT molecular complexity index is 1900. The van der Waals surface area contributed by atoms with Gasteiger partial charge in [-0.05, 0) is 80.0 Å². The number of benzene rings is 3. The number of aliphatic carboxylic acids is 4. The lowest BCUT2D eigenvalue weighted by Gasteiger charge is -2.15. The first-order chi connectivity index (χ1) is 24.4. The SMILES string of the molecule is COc1cc(Cn2c(-c3ccc(OCCN4CCCC4)cc3)nc3cc(O)ccc32)ccc1Cn1cccn1.O=C(O)C(=O)O.O=C(O)C(=O)O. The molecular weight excluding hydrogens is 666 g/mol. The summed E-state index contributed by atoms with van der Waals surface area (Å²) in [7, 11) is 1.70. The molecule has 3 aromatic carbocycles. The topological polar surface area (TPSA) is 227 Å². The molecule has 268 valence electrons. The molecule has 1 fully saturated rings. The molecule has 0 amide bonds. The van der Waals surface area contributed by atoms with Crippen LogP contribution >= 0.6 is 0 Å². The fourth-order valence-electron chi connectivity index (χ4n) is 5.27. The minimum absolute atomic E-state index is 0.199. The average Bonchev–Trinajstić information content (AvgIpc) is 3.89. The van der Waals surface area contributed by atoms with Crippen molar-refractivity contribution >= 4 is 34.9 Å². The number of imidazole rings is 1. The predicted octanol–water partition coefficient (Wildman–Crippen LogP) is 3.50. The minimum Gasteiger partial charge on any atom is -0.508 e. The van der Waals surface area contributed by atoms with Gasteiger partial charge in [-0.2, -0.15) is 5.10 Å². The second-order valence-corrected chi connectivity index (χ2v) is 11.2. The maximum absolute atomic E-state index is 10.1. The van der Waals surface area contributed by atoms with E-state index in [9.17, 15) is 5.11 Å². The number of aromatic hydroxyl groups is 1. The lowest BCUT2D eigenvalue weighted by Crippen LogP contribution is -2.25. The van der Waals surface area contributed by atoms with Gasteiger partial charge < -0.3 is 39.6 Å². The molecule has 3 heterocycles. The van der Waals surface area contributed by atoms with Crippen molar-refractivity contribution in [2.24, 2.45) is 0 Å². The predicted molar refractivity (Wildman–Crippen MR) is 182 cm³/mol. The number of methoxy groups -OCH3 is 1. The molecule has 16 heteroatoms. The van der Waals surface area contributed by atoms with Crippen LogP contribution < -0.4 is 9.47 Å². The third kappa shape index (κ3) is 10.8. The number of carboxylic acids is 4. The van der Waals surface area contributed by atoms with Gasteiger partial charge in [-0.15, -0.1) is 0 Å². The second-order valence-electron chi connectivity index (χ2n) is 11.2. The van der Waals surface area contributed by atoms with E-state index in [2.05, 4.69) is 44.9 Å². The van der Waals surface area contributed by atoms with Crippen LogP contribution in [0.15, 0.2) is 79.1 Å². The van der Waals surface area contributed by atoms with E-state index in [1.165, 1.54) is 25.9 Å². The molecule has 0 aliphatic carbocycles. The first kappa shape index (κ1) is 37.4. The number of fused-ring (bicyclic) bond motifs is 1. The van der Waals surface area contributed by atoms with Crippen LogP contribution in [-0.2, 0) is 32.3 Å². The van der Waals surface area contributed by atoms with Gasteiger partial charge in [0.05, 0.1) is 24.7 Å². The normalized spacial score (nSPS) is 12.3. The van der Waals surface area contributed by atoms with Gasteiger partial charge in [0.15, 0.2) is 0 Å². The van der Waals surface area contributed by atoms with Crippen LogP contribution in [0.3, 0.4) is 0 Å². The summed E-state index contributed by atoms with van der Waals surface area (Å²) in [5.41, 5.74) is 4.84. The van der Waals surface area contributed by atoms with Crippen LogP contribution in [0.1, 0.15) is 24.0 Å². The highest BCUT2D eigenvalue weighted by atomic mass is 16.5. The molecule has 0 radical (unpaired) electrons. The van der Waals surface area contributed by atoms with Crippen molar-refractivity contribution in [3.8, 4) is 28.6 Å². The summed E-state index contributed by atoms with van der Waals surface area (Å²) in [6.45, 7) is 5.24. The highest BCUT2D eigenvalue weighted by Gasteiger charge is 2.16. The summed E-state index contributed by atoms with van der Waals surface area (Å²) < 4.78 is 15.8. The molecule has 6 rings (SSSR count). The summed E-state index contributed by atoms with van der Waals surface area (Å²) in [6, 6.07) is 21.6. The highest BCUT2D eigenvalue weighted by molar-refractivity contribution is 6.27. The molecule has 0 saturated carbocycles. The monoisotopic (exact) mass is 703 g/mol. The lowest BCUT2D eigenvalue weighted by molar-refractivity contribution is -0.159. The average molecular weight is 704 g/mol. The maximum atomic E-state index is 10.1. The lowest BCUT2D eigenvalue weighted by atomic mass is 10.1. The van der Waals surface area contributed by atoms with Gasteiger partial charge in [-0.3, -0.25) is 9.58 Å². The van der Waals surface area contributed by atoms with E-state index in [-0.39, 0.29) is 5.75 Å². The van der Waals surface area contributed by atoms with Gasteiger partial charge >= 0.3 is 23.9 Å². The summed E-state index contributed by atoms with van der Waals surface area (Å²) >= 11 is 0. The largest absolute Gasteiger partial charge is 0.508 e. The fourth-order valence-corrected chi connectivity index (χ4v) is 5.27. The number of carbonyl (C=O) groups is 4. The third-order valence-electron chi connectivity index (χ3n) is 7.67. The summed E-state index contributed by atoms with van der Waals surface area (Å²) in [5.74, 6) is -4.59. The number of nitrogens with zero attached hydrogens (tertiary/aromatic N) is 5. The number of carboxylic acid groups (broad SMARTS) is 4.